The molecule has 6 heteroatoms. The summed E-state index contributed by atoms with van der Waals surface area (Å²) in [6.07, 6.45) is 1.26. The minimum absolute atomic E-state index is 0.0980. The zero-order chi connectivity index (χ0) is 16.3. The first kappa shape index (κ1) is 17.2. The first-order valence-corrected chi connectivity index (χ1v) is 7.84. The zero-order valence-electron chi connectivity index (χ0n) is 12.6. The average molecular weight is 330 g/mol. The summed E-state index contributed by atoms with van der Waals surface area (Å²) >= 11 is 5.96. The lowest BCUT2D eigenvalue weighted by atomic mass is 9.73. The second-order valence-electron chi connectivity index (χ2n) is 5.91. The van der Waals surface area contributed by atoms with Crippen molar-refractivity contribution in [2.24, 2.45) is 5.41 Å². The molecule has 1 heterocycles. The van der Waals surface area contributed by atoms with Gasteiger partial charge in [0.1, 0.15) is 5.82 Å². The Morgan fingerprint density at radius 1 is 1.55 bits per heavy atom. The van der Waals surface area contributed by atoms with E-state index < -0.39 is 23.2 Å². The minimum Gasteiger partial charge on any atom is -0.396 e. The highest BCUT2D eigenvalue weighted by Crippen LogP contribution is 2.36. The van der Waals surface area contributed by atoms with E-state index in [2.05, 4.69) is 0 Å². The molecule has 22 heavy (non-hydrogen) atoms. The van der Waals surface area contributed by atoms with Crippen molar-refractivity contribution in [3.8, 4) is 0 Å². The molecule has 0 bridgehead atoms. The van der Waals surface area contributed by atoms with Crippen LogP contribution in [0, 0.1) is 11.2 Å². The Morgan fingerprint density at radius 2 is 2.27 bits per heavy atom. The Labute approximate surface area is 134 Å². The summed E-state index contributed by atoms with van der Waals surface area (Å²) in [7, 11) is 0. The summed E-state index contributed by atoms with van der Waals surface area (Å²) in [5.74, 6) is -0.924. The number of nitrogens with zero attached hydrogens (tertiary/aromatic N) is 1. The van der Waals surface area contributed by atoms with Crippen molar-refractivity contribution in [2.75, 3.05) is 19.7 Å². The Kier molecular flexibility index (Phi) is 5.42. The van der Waals surface area contributed by atoms with Crippen molar-refractivity contribution in [2.45, 2.75) is 32.3 Å². The molecular formula is C16H21ClFNO3. The van der Waals surface area contributed by atoms with Crippen LogP contribution >= 0.6 is 11.6 Å². The van der Waals surface area contributed by atoms with Gasteiger partial charge in [-0.2, -0.15) is 0 Å². The third-order valence-electron chi connectivity index (χ3n) is 4.49. The van der Waals surface area contributed by atoms with Crippen LogP contribution in [-0.2, 0) is 0 Å². The number of aliphatic hydroxyl groups excluding tert-OH is 2. The van der Waals surface area contributed by atoms with Crippen LogP contribution < -0.4 is 0 Å². The highest BCUT2D eigenvalue weighted by molar-refractivity contribution is 6.33. The van der Waals surface area contributed by atoms with Crippen LogP contribution in [0.25, 0.3) is 0 Å². The van der Waals surface area contributed by atoms with Crippen molar-refractivity contribution in [3.05, 3.63) is 34.6 Å². The Hall–Kier alpha value is -1.17. The van der Waals surface area contributed by atoms with Gasteiger partial charge in [-0.15, -0.1) is 0 Å². The van der Waals surface area contributed by atoms with E-state index in [1.807, 2.05) is 6.92 Å². The molecule has 1 aliphatic heterocycles. The van der Waals surface area contributed by atoms with E-state index in [0.717, 1.165) is 12.5 Å². The number of benzene rings is 1. The highest BCUT2D eigenvalue weighted by Gasteiger charge is 2.42. The number of carbonyl (C=O) groups excluding carboxylic acids is 1. The van der Waals surface area contributed by atoms with Crippen LogP contribution in [0.4, 0.5) is 4.39 Å². The van der Waals surface area contributed by atoms with Crippen LogP contribution in [-0.4, -0.2) is 46.8 Å². The molecule has 1 aromatic carbocycles. The number of carbonyl (C=O) groups is 1. The molecule has 0 unspecified atom stereocenters. The number of amides is 1. The van der Waals surface area contributed by atoms with Gasteiger partial charge in [0.15, 0.2) is 0 Å². The number of aliphatic hydroxyl groups is 2. The first-order valence-electron chi connectivity index (χ1n) is 7.47. The van der Waals surface area contributed by atoms with Crippen LogP contribution in [0.5, 0.6) is 0 Å². The summed E-state index contributed by atoms with van der Waals surface area (Å²) < 4.78 is 13.3. The van der Waals surface area contributed by atoms with Crippen LogP contribution in [0.1, 0.15) is 36.5 Å². The molecule has 4 nitrogen and oxygen atoms in total. The zero-order valence-corrected chi connectivity index (χ0v) is 13.3. The quantitative estimate of drug-likeness (QED) is 0.892. The topological polar surface area (TPSA) is 60.8 Å². The second kappa shape index (κ2) is 6.94. The first-order chi connectivity index (χ1) is 10.4. The van der Waals surface area contributed by atoms with Crippen LogP contribution in [0.15, 0.2) is 18.2 Å². The molecular weight excluding hydrogens is 309 g/mol. The van der Waals surface area contributed by atoms with E-state index in [4.69, 9.17) is 11.6 Å². The molecule has 0 spiro atoms. The Morgan fingerprint density at radius 3 is 2.86 bits per heavy atom. The molecule has 2 atom stereocenters. The Balaban J connectivity index is 2.16. The normalized spacial score (nSPS) is 25.3. The molecule has 0 radical (unpaired) electrons. The molecule has 1 saturated heterocycles. The SMILES string of the molecule is CCC[C@]1(CO)CCN(C(=O)c2cc(F)ccc2Cl)C[C@@H]1O. The lowest BCUT2D eigenvalue weighted by Crippen LogP contribution is -2.54. The monoisotopic (exact) mass is 329 g/mol. The third kappa shape index (κ3) is 3.26. The van der Waals surface area contributed by atoms with E-state index in [1.165, 1.54) is 17.0 Å². The summed E-state index contributed by atoms with van der Waals surface area (Å²) in [4.78, 5) is 13.9. The van der Waals surface area contributed by atoms with Gasteiger partial charge < -0.3 is 15.1 Å². The van der Waals surface area contributed by atoms with Gasteiger partial charge in [-0.1, -0.05) is 24.9 Å². The number of rotatable bonds is 4. The van der Waals surface area contributed by atoms with Gasteiger partial charge in [-0.05, 0) is 31.0 Å². The molecule has 1 aromatic rings. The second-order valence-corrected chi connectivity index (χ2v) is 6.32. The number of hydrogen-bond donors (Lipinski definition) is 2. The predicted molar refractivity (Wildman–Crippen MR) is 82.4 cm³/mol. The highest BCUT2D eigenvalue weighted by atomic mass is 35.5. The Bertz CT molecular complexity index is 554. The number of likely N-dealkylation sites (tertiary alicyclic amines) is 1. The fourth-order valence-electron chi connectivity index (χ4n) is 3.09. The number of β-amino-alcohol motifs (C(OH)–C–C–N with tert-alkyl or cyclic N) is 1. The van der Waals surface area contributed by atoms with Gasteiger partial charge in [0.25, 0.3) is 5.91 Å². The van der Waals surface area contributed by atoms with Crippen molar-refractivity contribution in [3.63, 3.8) is 0 Å². The van der Waals surface area contributed by atoms with E-state index >= 15 is 0 Å². The predicted octanol–water partition coefficient (Wildman–Crippen LogP) is 2.46. The number of piperidine rings is 1. The van der Waals surface area contributed by atoms with Crippen molar-refractivity contribution < 1.29 is 19.4 Å². The summed E-state index contributed by atoms with van der Waals surface area (Å²) in [6, 6.07) is 3.65. The maximum absolute atomic E-state index is 13.3. The number of hydrogen-bond acceptors (Lipinski definition) is 3. The molecule has 0 saturated carbocycles. The molecule has 2 rings (SSSR count). The summed E-state index contributed by atoms with van der Waals surface area (Å²) in [5.41, 5.74) is -0.460. The lowest BCUT2D eigenvalue weighted by Gasteiger charge is -2.44. The maximum atomic E-state index is 13.3. The van der Waals surface area contributed by atoms with Gasteiger partial charge in [0.2, 0.25) is 0 Å². The summed E-state index contributed by atoms with van der Waals surface area (Å²) in [6.45, 7) is 2.41. The molecule has 0 aliphatic carbocycles. The van der Waals surface area contributed by atoms with Crippen LogP contribution in [0.2, 0.25) is 5.02 Å². The maximum Gasteiger partial charge on any atom is 0.255 e. The fourth-order valence-corrected chi connectivity index (χ4v) is 3.29. The van der Waals surface area contributed by atoms with Crippen molar-refractivity contribution >= 4 is 17.5 Å². The van der Waals surface area contributed by atoms with Gasteiger partial charge in [0, 0.05) is 18.5 Å². The van der Waals surface area contributed by atoms with Gasteiger partial charge in [-0.25, -0.2) is 4.39 Å². The molecule has 122 valence electrons. The lowest BCUT2D eigenvalue weighted by molar-refractivity contribution is -0.0713. The average Bonchev–Trinajstić information content (AvgIpc) is 2.51. The standard InChI is InChI=1S/C16H21ClFNO3/c1-2-5-16(10-20)6-7-19(9-14(16)21)15(22)12-8-11(18)3-4-13(12)17/h3-4,8,14,20-21H,2,5-7,9-10H2,1H3/t14-,16+/m0/s1. The molecule has 2 N–H and O–H groups in total. The van der Waals surface area contributed by atoms with Crippen LogP contribution in [0.3, 0.4) is 0 Å². The van der Waals surface area contributed by atoms with E-state index in [-0.39, 0.29) is 23.7 Å². The van der Waals surface area contributed by atoms with Crippen molar-refractivity contribution in [1.82, 2.24) is 4.90 Å². The number of halogens is 2. The van der Waals surface area contributed by atoms with Gasteiger partial charge >= 0.3 is 0 Å². The largest absolute Gasteiger partial charge is 0.396 e. The molecule has 1 aliphatic rings. The van der Waals surface area contributed by atoms with E-state index in [1.54, 1.807) is 0 Å². The molecule has 1 amide bonds. The third-order valence-corrected chi connectivity index (χ3v) is 4.82. The molecule has 1 fully saturated rings. The summed E-state index contributed by atoms with van der Waals surface area (Å²) in [5, 5.41) is 20.2. The molecule has 0 aromatic heterocycles. The fraction of sp³-hybridized carbons (Fsp3) is 0.562. The van der Waals surface area contributed by atoms with E-state index in [9.17, 15) is 19.4 Å². The van der Waals surface area contributed by atoms with Gasteiger partial charge in [-0.3, -0.25) is 4.79 Å². The van der Waals surface area contributed by atoms with Gasteiger partial charge in [0.05, 0.1) is 23.3 Å². The minimum atomic E-state index is -0.803. The van der Waals surface area contributed by atoms with Crippen molar-refractivity contribution in [1.29, 1.82) is 0 Å². The smallest absolute Gasteiger partial charge is 0.255 e. The van der Waals surface area contributed by atoms with E-state index in [0.29, 0.717) is 19.4 Å².